The highest BCUT2D eigenvalue weighted by atomic mass is 35.5. The van der Waals surface area contributed by atoms with Crippen molar-refractivity contribution >= 4 is 44.9 Å². The number of aromatic nitrogens is 2. The molecule has 26 heavy (non-hydrogen) atoms. The number of H-pyrrole nitrogens is 1. The van der Waals surface area contributed by atoms with Crippen LogP contribution in [0.3, 0.4) is 0 Å². The largest absolute Gasteiger partial charge is 0.305 e. The Morgan fingerprint density at radius 2 is 1.85 bits per heavy atom. The molecule has 6 heteroatoms. The molecule has 2 aromatic carbocycles. The van der Waals surface area contributed by atoms with Crippen molar-refractivity contribution in [2.75, 3.05) is 0 Å². The summed E-state index contributed by atoms with van der Waals surface area (Å²) in [7, 11) is 0. The van der Waals surface area contributed by atoms with Crippen molar-refractivity contribution in [1.29, 1.82) is 0 Å². The molecule has 0 aliphatic carbocycles. The molecule has 4 rings (SSSR count). The van der Waals surface area contributed by atoms with Crippen LogP contribution in [0.25, 0.3) is 32.5 Å². The minimum absolute atomic E-state index is 0.240. The number of para-hydroxylation sites is 1. The summed E-state index contributed by atoms with van der Waals surface area (Å²) in [4.78, 5) is 20.9. The molecule has 0 atom stereocenters. The zero-order valence-electron chi connectivity index (χ0n) is 13.4. The van der Waals surface area contributed by atoms with Gasteiger partial charge in [0.15, 0.2) is 5.82 Å². The van der Waals surface area contributed by atoms with Crippen LogP contribution < -0.4 is 5.56 Å². The smallest absolute Gasteiger partial charge is 0.259 e. The lowest BCUT2D eigenvalue weighted by Crippen LogP contribution is -2.10. The number of fused-ring (bicyclic) bond motifs is 1. The first-order chi connectivity index (χ1) is 12.6. The van der Waals surface area contributed by atoms with Gasteiger partial charge in [0.05, 0.1) is 15.9 Å². The molecule has 0 fully saturated rings. The van der Waals surface area contributed by atoms with Gasteiger partial charge in [-0.2, -0.15) is 0 Å². The Bertz CT molecular complexity index is 1200. The summed E-state index contributed by atoms with van der Waals surface area (Å²) < 4.78 is 13.9. The fourth-order valence-electron chi connectivity index (χ4n) is 2.63. The number of thiophene rings is 1. The molecule has 0 saturated heterocycles. The Morgan fingerprint density at radius 3 is 2.69 bits per heavy atom. The summed E-state index contributed by atoms with van der Waals surface area (Å²) in [5.41, 5.74) is 0.886. The molecule has 1 N–H and O–H groups in total. The van der Waals surface area contributed by atoms with Crippen LogP contribution in [0.5, 0.6) is 0 Å². The quantitative estimate of drug-likeness (QED) is 0.506. The molecule has 0 aliphatic rings. The van der Waals surface area contributed by atoms with E-state index in [4.69, 9.17) is 11.6 Å². The average Bonchev–Trinajstić information content (AvgIpc) is 3.10. The van der Waals surface area contributed by atoms with Crippen molar-refractivity contribution in [1.82, 2.24) is 9.97 Å². The molecule has 0 aliphatic heterocycles. The zero-order chi connectivity index (χ0) is 18.1. The maximum absolute atomic E-state index is 13.9. The fraction of sp³-hybridized carbons (Fsp3) is 0. The van der Waals surface area contributed by atoms with Crippen molar-refractivity contribution in [2.45, 2.75) is 0 Å². The van der Waals surface area contributed by atoms with Crippen LogP contribution >= 0.6 is 22.9 Å². The molecule has 0 bridgehead atoms. The normalized spacial score (nSPS) is 11.8. The molecule has 0 unspecified atom stereocenters. The third-order valence-corrected chi connectivity index (χ3v) is 5.23. The van der Waals surface area contributed by atoms with E-state index in [0.717, 1.165) is 9.75 Å². The highest BCUT2D eigenvalue weighted by Gasteiger charge is 2.09. The molecule has 128 valence electrons. The van der Waals surface area contributed by atoms with Crippen LogP contribution in [0.1, 0.15) is 10.7 Å². The van der Waals surface area contributed by atoms with Crippen molar-refractivity contribution in [3.8, 4) is 10.4 Å². The van der Waals surface area contributed by atoms with Crippen LogP contribution in [-0.2, 0) is 0 Å². The molecule has 4 aromatic rings. The van der Waals surface area contributed by atoms with Gasteiger partial charge in [0.1, 0.15) is 5.82 Å². The molecule has 2 heterocycles. The highest BCUT2D eigenvalue weighted by Crippen LogP contribution is 2.32. The van der Waals surface area contributed by atoms with E-state index >= 15 is 0 Å². The minimum atomic E-state index is -0.267. The number of hydrogen-bond acceptors (Lipinski definition) is 3. The number of nitrogens with one attached hydrogen (secondary N) is 1. The average molecular weight is 383 g/mol. The third-order valence-electron chi connectivity index (χ3n) is 3.87. The summed E-state index contributed by atoms with van der Waals surface area (Å²) in [6.45, 7) is 0. The summed E-state index contributed by atoms with van der Waals surface area (Å²) in [5.74, 6) is 0.0349. The lowest BCUT2D eigenvalue weighted by Gasteiger charge is -2.01. The lowest BCUT2D eigenvalue weighted by atomic mass is 10.2. The monoisotopic (exact) mass is 382 g/mol. The number of aromatic amines is 1. The van der Waals surface area contributed by atoms with Crippen LogP contribution in [0.4, 0.5) is 4.39 Å². The molecule has 0 amide bonds. The first-order valence-corrected chi connectivity index (χ1v) is 9.02. The van der Waals surface area contributed by atoms with Crippen molar-refractivity contribution < 1.29 is 4.39 Å². The number of benzene rings is 2. The second kappa shape index (κ2) is 6.86. The number of nitrogens with zero attached hydrogens (tertiary/aromatic N) is 1. The van der Waals surface area contributed by atoms with Crippen LogP contribution in [0.15, 0.2) is 65.5 Å². The lowest BCUT2D eigenvalue weighted by molar-refractivity contribution is 0.631. The van der Waals surface area contributed by atoms with Gasteiger partial charge in [-0.05, 0) is 36.4 Å². The fourth-order valence-corrected chi connectivity index (χ4v) is 3.88. The summed E-state index contributed by atoms with van der Waals surface area (Å²) >= 11 is 7.77. The van der Waals surface area contributed by atoms with Gasteiger partial charge in [-0.25, -0.2) is 9.37 Å². The van der Waals surface area contributed by atoms with E-state index in [2.05, 4.69) is 9.97 Å². The Kier molecular flexibility index (Phi) is 4.41. The van der Waals surface area contributed by atoms with E-state index < -0.39 is 0 Å². The maximum Gasteiger partial charge on any atom is 0.259 e. The first kappa shape index (κ1) is 16.7. The SMILES string of the molecule is O=c1[nH]c(/C(Cl)=C/c2ccc(-c3ccccc3F)s2)nc2ccccc12. The highest BCUT2D eigenvalue weighted by molar-refractivity contribution is 7.16. The van der Waals surface area contributed by atoms with E-state index in [0.29, 0.717) is 27.3 Å². The van der Waals surface area contributed by atoms with E-state index in [1.807, 2.05) is 18.2 Å². The number of rotatable bonds is 3. The predicted octanol–water partition coefficient (Wildman–Crippen LogP) is 5.53. The Morgan fingerprint density at radius 1 is 1.08 bits per heavy atom. The second-order valence-electron chi connectivity index (χ2n) is 5.61. The van der Waals surface area contributed by atoms with Crippen molar-refractivity contribution in [2.24, 2.45) is 0 Å². The van der Waals surface area contributed by atoms with E-state index in [1.165, 1.54) is 17.4 Å². The topological polar surface area (TPSA) is 45.8 Å². The molecule has 0 saturated carbocycles. The van der Waals surface area contributed by atoms with Crippen LogP contribution in [0, 0.1) is 5.82 Å². The van der Waals surface area contributed by atoms with Crippen molar-refractivity contribution in [3.05, 3.63) is 87.5 Å². The zero-order valence-corrected chi connectivity index (χ0v) is 14.9. The molecule has 0 spiro atoms. The maximum atomic E-state index is 13.9. The van der Waals surface area contributed by atoms with Gasteiger partial charge < -0.3 is 4.98 Å². The summed E-state index contributed by atoms with van der Waals surface area (Å²) in [5, 5.41) is 0.827. The van der Waals surface area contributed by atoms with E-state index in [-0.39, 0.29) is 11.4 Å². The molecule has 0 radical (unpaired) electrons. The van der Waals surface area contributed by atoms with Gasteiger partial charge in [-0.3, -0.25) is 4.79 Å². The van der Waals surface area contributed by atoms with E-state index in [1.54, 1.807) is 42.5 Å². The molecular weight excluding hydrogens is 371 g/mol. The number of hydrogen-bond donors (Lipinski definition) is 1. The number of halogens is 2. The van der Waals surface area contributed by atoms with Crippen molar-refractivity contribution in [3.63, 3.8) is 0 Å². The Hall–Kier alpha value is -2.76. The minimum Gasteiger partial charge on any atom is -0.305 e. The van der Waals surface area contributed by atoms with Gasteiger partial charge in [-0.15, -0.1) is 11.3 Å². The van der Waals surface area contributed by atoms with Crippen LogP contribution in [0.2, 0.25) is 0 Å². The predicted molar refractivity (Wildman–Crippen MR) is 106 cm³/mol. The molecular formula is C20H12ClFN2OS. The van der Waals surface area contributed by atoms with Gasteiger partial charge in [0.2, 0.25) is 0 Å². The van der Waals surface area contributed by atoms with Gasteiger partial charge in [0.25, 0.3) is 5.56 Å². The van der Waals surface area contributed by atoms with Gasteiger partial charge in [0, 0.05) is 15.3 Å². The van der Waals surface area contributed by atoms with E-state index in [9.17, 15) is 9.18 Å². The van der Waals surface area contributed by atoms with Gasteiger partial charge >= 0.3 is 0 Å². The second-order valence-corrected chi connectivity index (χ2v) is 7.13. The summed E-state index contributed by atoms with van der Waals surface area (Å²) in [6.07, 6.45) is 1.71. The van der Waals surface area contributed by atoms with Crippen LogP contribution in [-0.4, -0.2) is 9.97 Å². The third kappa shape index (κ3) is 3.19. The standard InChI is InChI=1S/C20H12ClFN2OS/c21-15(19-23-17-8-4-2-6-14(17)20(25)24-19)11-12-9-10-18(26-12)13-5-1-3-7-16(13)22/h1-11H,(H,23,24,25)/b15-11-. The Labute approximate surface area is 157 Å². The molecule has 3 nitrogen and oxygen atoms in total. The summed E-state index contributed by atoms with van der Waals surface area (Å²) in [6, 6.07) is 17.4. The molecule has 2 aromatic heterocycles. The Balaban J connectivity index is 1.71. The van der Waals surface area contributed by atoms with Gasteiger partial charge in [-0.1, -0.05) is 41.9 Å². The first-order valence-electron chi connectivity index (χ1n) is 7.83.